The number of nitrogens with one attached hydrogen (secondary N) is 1. The van der Waals surface area contributed by atoms with Crippen molar-refractivity contribution in [2.45, 2.75) is 17.5 Å². The van der Waals surface area contributed by atoms with Crippen molar-refractivity contribution in [3.63, 3.8) is 0 Å². The smallest absolute Gasteiger partial charge is 0.279 e. The summed E-state index contributed by atoms with van der Waals surface area (Å²) in [5.41, 5.74) is 0.938. The lowest BCUT2D eigenvalue weighted by Gasteiger charge is -2.27. The molecule has 0 fully saturated rings. The maximum absolute atomic E-state index is 12.6. The number of phenols is 1. The highest BCUT2D eigenvalue weighted by Crippen LogP contribution is 2.36. The van der Waals surface area contributed by atoms with Crippen LogP contribution in [0, 0.1) is 0 Å². The van der Waals surface area contributed by atoms with Gasteiger partial charge in [0.25, 0.3) is 5.56 Å². The minimum atomic E-state index is -0.376. The average Bonchev–Trinajstić information content (AvgIpc) is 2.56. The van der Waals surface area contributed by atoms with E-state index in [-0.39, 0.29) is 29.6 Å². The molecule has 1 atom stereocenters. The van der Waals surface area contributed by atoms with Gasteiger partial charge in [-0.1, -0.05) is 30.0 Å². The quantitative estimate of drug-likeness (QED) is 0.505. The topological polar surface area (TPSA) is 84.2 Å². The lowest BCUT2D eigenvalue weighted by Crippen LogP contribution is -2.33. The number of hydrogen-bond acceptors (Lipinski definition) is 5. The van der Waals surface area contributed by atoms with Crippen LogP contribution in [0.15, 0.2) is 46.9 Å². The van der Waals surface area contributed by atoms with Crippen molar-refractivity contribution >= 4 is 23.5 Å². The van der Waals surface area contributed by atoms with Gasteiger partial charge in [-0.2, -0.15) is 4.98 Å². The van der Waals surface area contributed by atoms with Gasteiger partial charge in [-0.15, -0.1) is 6.58 Å². The summed E-state index contributed by atoms with van der Waals surface area (Å²) in [4.78, 5) is 28.9. The van der Waals surface area contributed by atoms with Gasteiger partial charge >= 0.3 is 0 Å². The molecule has 0 saturated heterocycles. The van der Waals surface area contributed by atoms with Crippen LogP contribution in [0.2, 0.25) is 0 Å². The van der Waals surface area contributed by atoms with Crippen LogP contribution < -0.4 is 10.9 Å². The second kappa shape index (κ2) is 6.52. The minimum absolute atomic E-state index is 0.140. The summed E-state index contributed by atoms with van der Waals surface area (Å²) in [7, 11) is 1.77. The first-order chi connectivity index (χ1) is 11.5. The van der Waals surface area contributed by atoms with Crippen LogP contribution in [-0.2, 0) is 11.8 Å². The Bertz CT molecular complexity index is 859. The summed E-state index contributed by atoms with van der Waals surface area (Å²) in [5.74, 6) is 0.715. The second-order valence-corrected chi connectivity index (χ2v) is 6.50. The standard InChI is InChI=1S/C17H17N3O3S/c1-3-8-24-17-19-16(23)14-12(10-4-6-11(21)7-5-10)9-13(22)18-15(14)20(17)2/h3-7,12,21H,1,8-9H2,2H3,(H,18,22)/t12-/m1/s1. The van der Waals surface area contributed by atoms with E-state index in [2.05, 4.69) is 16.9 Å². The lowest BCUT2D eigenvalue weighted by molar-refractivity contribution is -0.116. The molecule has 2 heterocycles. The first-order valence-corrected chi connectivity index (χ1v) is 8.43. The molecule has 124 valence electrons. The maximum atomic E-state index is 12.6. The Labute approximate surface area is 143 Å². The van der Waals surface area contributed by atoms with Crippen LogP contribution in [0.3, 0.4) is 0 Å². The van der Waals surface area contributed by atoms with Crippen LogP contribution >= 0.6 is 11.8 Å². The number of aromatic hydroxyl groups is 1. The van der Waals surface area contributed by atoms with E-state index in [4.69, 9.17) is 0 Å². The Morgan fingerprint density at radius 1 is 1.42 bits per heavy atom. The predicted molar refractivity (Wildman–Crippen MR) is 93.6 cm³/mol. The van der Waals surface area contributed by atoms with E-state index in [1.54, 1.807) is 42.0 Å². The summed E-state index contributed by atoms with van der Waals surface area (Å²) in [6.45, 7) is 3.66. The van der Waals surface area contributed by atoms with Crippen molar-refractivity contribution in [3.05, 3.63) is 58.4 Å². The zero-order chi connectivity index (χ0) is 17.3. The van der Waals surface area contributed by atoms with Gasteiger partial charge in [0.1, 0.15) is 11.6 Å². The Hall–Kier alpha value is -2.54. The van der Waals surface area contributed by atoms with Gasteiger partial charge in [0.2, 0.25) is 5.91 Å². The Kier molecular flexibility index (Phi) is 4.44. The largest absolute Gasteiger partial charge is 0.508 e. The molecule has 2 aromatic rings. The molecule has 24 heavy (non-hydrogen) atoms. The Morgan fingerprint density at radius 2 is 2.12 bits per heavy atom. The minimum Gasteiger partial charge on any atom is -0.508 e. The van der Waals surface area contributed by atoms with Gasteiger partial charge < -0.3 is 15.0 Å². The normalized spacial score (nSPS) is 16.4. The molecule has 0 unspecified atom stereocenters. The highest BCUT2D eigenvalue weighted by molar-refractivity contribution is 7.99. The highest BCUT2D eigenvalue weighted by atomic mass is 32.2. The maximum Gasteiger partial charge on any atom is 0.279 e. The third kappa shape index (κ3) is 2.94. The number of nitrogens with zero attached hydrogens (tertiary/aromatic N) is 2. The molecule has 6 nitrogen and oxygen atoms in total. The van der Waals surface area contributed by atoms with Crippen LogP contribution in [0.4, 0.5) is 5.82 Å². The summed E-state index contributed by atoms with van der Waals surface area (Å²) in [6, 6.07) is 6.55. The molecule has 0 bridgehead atoms. The van der Waals surface area contributed by atoms with Crippen LogP contribution in [0.1, 0.15) is 23.5 Å². The monoisotopic (exact) mass is 343 g/mol. The fraction of sp³-hybridized carbons (Fsp3) is 0.235. The molecule has 0 radical (unpaired) electrons. The number of rotatable bonds is 4. The van der Waals surface area contributed by atoms with Crippen LogP contribution in [0.25, 0.3) is 0 Å². The van der Waals surface area contributed by atoms with Crippen molar-refractivity contribution in [1.29, 1.82) is 0 Å². The number of benzene rings is 1. The van der Waals surface area contributed by atoms with Gasteiger partial charge in [-0.05, 0) is 17.7 Å². The fourth-order valence-corrected chi connectivity index (χ4v) is 3.49. The predicted octanol–water partition coefficient (Wildman–Crippen LogP) is 2.24. The number of fused-ring (bicyclic) bond motifs is 1. The second-order valence-electron chi connectivity index (χ2n) is 5.52. The third-order valence-corrected chi connectivity index (χ3v) is 4.95. The molecule has 3 rings (SSSR count). The zero-order valence-corrected chi connectivity index (χ0v) is 14.0. The molecule has 0 saturated carbocycles. The van der Waals surface area contributed by atoms with E-state index < -0.39 is 0 Å². The van der Waals surface area contributed by atoms with E-state index >= 15 is 0 Å². The van der Waals surface area contributed by atoms with E-state index in [1.807, 2.05) is 0 Å². The van der Waals surface area contributed by atoms with Gasteiger partial charge in [0.15, 0.2) is 5.16 Å². The fourth-order valence-electron chi connectivity index (χ4n) is 2.79. The van der Waals surface area contributed by atoms with Crippen molar-refractivity contribution < 1.29 is 9.90 Å². The molecule has 1 aliphatic rings. The van der Waals surface area contributed by atoms with Gasteiger partial charge in [0, 0.05) is 25.1 Å². The van der Waals surface area contributed by atoms with Gasteiger partial charge in [0.05, 0.1) is 5.56 Å². The van der Waals surface area contributed by atoms with Crippen molar-refractivity contribution in [3.8, 4) is 5.75 Å². The number of anilines is 1. The molecule has 1 amide bonds. The van der Waals surface area contributed by atoms with E-state index in [1.165, 1.54) is 11.8 Å². The van der Waals surface area contributed by atoms with E-state index in [0.717, 1.165) is 5.56 Å². The Balaban J connectivity index is 2.14. The summed E-state index contributed by atoms with van der Waals surface area (Å²) in [5, 5.41) is 12.8. The molecule has 1 aliphatic heterocycles. The Morgan fingerprint density at radius 3 is 2.79 bits per heavy atom. The number of amides is 1. The summed E-state index contributed by atoms with van der Waals surface area (Å²) >= 11 is 1.38. The summed E-state index contributed by atoms with van der Waals surface area (Å²) < 4.78 is 1.73. The molecule has 2 N–H and O–H groups in total. The number of aromatic nitrogens is 2. The van der Waals surface area contributed by atoms with Crippen molar-refractivity contribution in [1.82, 2.24) is 9.55 Å². The molecule has 1 aromatic heterocycles. The number of thioether (sulfide) groups is 1. The van der Waals surface area contributed by atoms with Crippen molar-refractivity contribution in [2.75, 3.05) is 11.1 Å². The number of phenolic OH excluding ortho intramolecular Hbond substituents is 1. The molecular weight excluding hydrogens is 326 g/mol. The molecule has 0 spiro atoms. The third-order valence-electron chi connectivity index (χ3n) is 3.93. The molecular formula is C17H17N3O3S. The van der Waals surface area contributed by atoms with Crippen LogP contribution in [-0.4, -0.2) is 26.3 Å². The van der Waals surface area contributed by atoms with Crippen LogP contribution in [0.5, 0.6) is 5.75 Å². The first kappa shape index (κ1) is 16.3. The zero-order valence-electron chi connectivity index (χ0n) is 13.2. The lowest BCUT2D eigenvalue weighted by atomic mass is 9.87. The van der Waals surface area contributed by atoms with Gasteiger partial charge in [-0.3, -0.25) is 9.59 Å². The number of hydrogen-bond donors (Lipinski definition) is 2. The van der Waals surface area contributed by atoms with E-state index in [0.29, 0.717) is 22.3 Å². The molecule has 0 aliphatic carbocycles. The first-order valence-electron chi connectivity index (χ1n) is 7.44. The average molecular weight is 343 g/mol. The molecule has 1 aromatic carbocycles. The molecule has 7 heteroatoms. The number of carbonyl (C=O) groups excluding carboxylic acids is 1. The highest BCUT2D eigenvalue weighted by Gasteiger charge is 2.31. The SMILES string of the molecule is C=CCSc1nc(=O)c2c(n1C)NC(=O)C[C@@H]2c1ccc(O)cc1. The van der Waals surface area contributed by atoms with Gasteiger partial charge in [-0.25, -0.2) is 0 Å². The van der Waals surface area contributed by atoms with E-state index in [9.17, 15) is 14.7 Å². The number of carbonyl (C=O) groups is 1. The van der Waals surface area contributed by atoms with Crippen molar-refractivity contribution in [2.24, 2.45) is 7.05 Å². The summed E-state index contributed by atoms with van der Waals surface area (Å²) in [6.07, 6.45) is 1.90.